The van der Waals surface area contributed by atoms with E-state index in [4.69, 9.17) is 9.47 Å². The molecule has 110 valence electrons. The van der Waals surface area contributed by atoms with Gasteiger partial charge in [0, 0.05) is 25.2 Å². The van der Waals surface area contributed by atoms with Gasteiger partial charge < -0.3 is 9.47 Å². The molecular weight excluding hydrogens is 259 g/mol. The second-order valence-electron chi connectivity index (χ2n) is 5.10. The largest absolute Gasteiger partial charge is 0.379 e. The summed E-state index contributed by atoms with van der Waals surface area (Å²) in [5, 5.41) is 0. The average molecular weight is 280 g/mol. The summed E-state index contributed by atoms with van der Waals surface area (Å²) in [6, 6.07) is 5.66. The zero-order valence-corrected chi connectivity index (χ0v) is 11.6. The number of ketones is 1. The number of halogens is 1. The number of hydrogen-bond donors (Lipinski definition) is 0. The van der Waals surface area contributed by atoms with Crippen LogP contribution in [0.1, 0.15) is 42.5 Å². The lowest BCUT2D eigenvalue weighted by Gasteiger charge is -2.22. The van der Waals surface area contributed by atoms with Gasteiger partial charge in [-0.3, -0.25) is 4.79 Å². The van der Waals surface area contributed by atoms with Crippen molar-refractivity contribution < 1.29 is 18.7 Å². The first-order valence-corrected chi connectivity index (χ1v) is 7.24. The van der Waals surface area contributed by atoms with Gasteiger partial charge in [-0.2, -0.15) is 0 Å². The van der Waals surface area contributed by atoms with Crippen molar-refractivity contribution in [2.24, 2.45) is 0 Å². The molecule has 1 aliphatic rings. The van der Waals surface area contributed by atoms with Crippen LogP contribution >= 0.6 is 0 Å². The summed E-state index contributed by atoms with van der Waals surface area (Å²) in [5.74, 6) is -0.292. The number of ether oxygens (including phenoxy) is 2. The molecule has 1 saturated heterocycles. The van der Waals surface area contributed by atoms with Gasteiger partial charge in [0.1, 0.15) is 5.82 Å². The Morgan fingerprint density at radius 1 is 1.30 bits per heavy atom. The lowest BCUT2D eigenvalue weighted by molar-refractivity contribution is -0.0408. The molecular formula is C16H21FO3. The van der Waals surface area contributed by atoms with Crippen LogP contribution in [0.3, 0.4) is 0 Å². The van der Waals surface area contributed by atoms with Crippen molar-refractivity contribution in [3.8, 4) is 0 Å². The van der Waals surface area contributed by atoms with Crippen LogP contribution < -0.4 is 0 Å². The molecule has 0 amide bonds. The van der Waals surface area contributed by atoms with Gasteiger partial charge in [-0.25, -0.2) is 4.39 Å². The molecule has 3 nitrogen and oxygen atoms in total. The Kier molecular flexibility index (Phi) is 6.15. The fraction of sp³-hybridized carbons (Fsp3) is 0.562. The third-order valence-electron chi connectivity index (χ3n) is 3.44. The third-order valence-corrected chi connectivity index (χ3v) is 3.44. The van der Waals surface area contributed by atoms with Crippen LogP contribution in [0.2, 0.25) is 0 Å². The first-order valence-electron chi connectivity index (χ1n) is 7.24. The van der Waals surface area contributed by atoms with E-state index >= 15 is 0 Å². The summed E-state index contributed by atoms with van der Waals surface area (Å²) < 4.78 is 23.8. The minimum Gasteiger partial charge on any atom is -0.379 e. The first-order chi connectivity index (χ1) is 9.75. The summed E-state index contributed by atoms with van der Waals surface area (Å²) in [6.45, 7) is 2.01. The van der Waals surface area contributed by atoms with Crippen molar-refractivity contribution in [2.45, 2.75) is 38.2 Å². The van der Waals surface area contributed by atoms with Crippen LogP contribution in [0.25, 0.3) is 0 Å². The van der Waals surface area contributed by atoms with Crippen molar-refractivity contribution in [3.05, 3.63) is 35.6 Å². The molecule has 1 aromatic carbocycles. The van der Waals surface area contributed by atoms with Crippen LogP contribution in [0.4, 0.5) is 4.39 Å². The van der Waals surface area contributed by atoms with Gasteiger partial charge in [0.05, 0.1) is 12.7 Å². The maximum Gasteiger partial charge on any atom is 0.162 e. The van der Waals surface area contributed by atoms with Crippen LogP contribution in [0, 0.1) is 5.82 Å². The molecule has 0 radical (unpaired) electrons. The highest BCUT2D eigenvalue weighted by Crippen LogP contribution is 2.13. The van der Waals surface area contributed by atoms with Gasteiger partial charge in [0.15, 0.2) is 5.78 Å². The fourth-order valence-electron chi connectivity index (χ4n) is 2.27. The number of benzene rings is 1. The van der Waals surface area contributed by atoms with Gasteiger partial charge in [-0.05, 0) is 49.9 Å². The highest BCUT2D eigenvalue weighted by atomic mass is 19.1. The van der Waals surface area contributed by atoms with Gasteiger partial charge in [-0.1, -0.05) is 0 Å². The van der Waals surface area contributed by atoms with Gasteiger partial charge >= 0.3 is 0 Å². The van der Waals surface area contributed by atoms with E-state index in [0.29, 0.717) is 31.6 Å². The van der Waals surface area contributed by atoms with E-state index in [0.717, 1.165) is 19.4 Å². The lowest BCUT2D eigenvalue weighted by atomic mass is 10.1. The van der Waals surface area contributed by atoms with E-state index in [1.54, 1.807) is 0 Å². The summed E-state index contributed by atoms with van der Waals surface area (Å²) in [7, 11) is 0. The van der Waals surface area contributed by atoms with Crippen molar-refractivity contribution >= 4 is 5.78 Å². The summed E-state index contributed by atoms with van der Waals surface area (Å²) >= 11 is 0. The molecule has 4 heteroatoms. The SMILES string of the molecule is O=C(CCCOCC1CCCCO1)c1ccc(F)cc1. The Bertz CT molecular complexity index is 410. The van der Waals surface area contributed by atoms with E-state index in [9.17, 15) is 9.18 Å². The minimum absolute atomic E-state index is 0.0301. The molecule has 0 spiro atoms. The Morgan fingerprint density at radius 3 is 2.80 bits per heavy atom. The molecule has 1 atom stereocenters. The summed E-state index contributed by atoms with van der Waals surface area (Å²) in [4.78, 5) is 11.8. The maximum absolute atomic E-state index is 12.7. The highest BCUT2D eigenvalue weighted by molar-refractivity contribution is 5.95. The van der Waals surface area contributed by atoms with E-state index in [1.165, 1.54) is 30.7 Å². The minimum atomic E-state index is -0.322. The quantitative estimate of drug-likeness (QED) is 0.567. The van der Waals surface area contributed by atoms with E-state index in [1.807, 2.05) is 0 Å². The van der Waals surface area contributed by atoms with Crippen LogP contribution in [0.15, 0.2) is 24.3 Å². The number of rotatable bonds is 7. The maximum atomic E-state index is 12.7. The van der Waals surface area contributed by atoms with E-state index in [-0.39, 0.29) is 17.7 Å². The molecule has 2 rings (SSSR count). The van der Waals surface area contributed by atoms with Gasteiger partial charge in [0.25, 0.3) is 0 Å². The Morgan fingerprint density at radius 2 is 2.10 bits per heavy atom. The topological polar surface area (TPSA) is 35.5 Å². The Balaban J connectivity index is 1.58. The third kappa shape index (κ3) is 5.02. The predicted octanol–water partition coefficient (Wildman–Crippen LogP) is 3.37. The molecule has 1 unspecified atom stereocenters. The number of Topliss-reactive ketones (excluding diaryl/α,β-unsaturated/α-hetero) is 1. The molecule has 1 aliphatic heterocycles. The highest BCUT2D eigenvalue weighted by Gasteiger charge is 2.13. The van der Waals surface area contributed by atoms with Crippen molar-refractivity contribution in [1.29, 1.82) is 0 Å². The molecule has 1 aromatic rings. The molecule has 1 fully saturated rings. The molecule has 0 aromatic heterocycles. The van der Waals surface area contributed by atoms with Crippen molar-refractivity contribution in [1.82, 2.24) is 0 Å². The Labute approximate surface area is 119 Å². The van der Waals surface area contributed by atoms with Gasteiger partial charge in [0.2, 0.25) is 0 Å². The first kappa shape index (κ1) is 15.1. The predicted molar refractivity (Wildman–Crippen MR) is 74.4 cm³/mol. The molecule has 0 aliphatic carbocycles. The standard InChI is InChI=1S/C16H21FO3/c17-14-8-6-13(7-9-14)16(18)5-3-10-19-12-15-4-1-2-11-20-15/h6-9,15H,1-5,10-12H2. The molecule has 1 heterocycles. The Hall–Kier alpha value is -1.26. The fourth-order valence-corrected chi connectivity index (χ4v) is 2.27. The van der Waals surface area contributed by atoms with Crippen molar-refractivity contribution in [3.63, 3.8) is 0 Å². The lowest BCUT2D eigenvalue weighted by Crippen LogP contribution is -2.24. The van der Waals surface area contributed by atoms with E-state index in [2.05, 4.69) is 0 Å². The summed E-state index contributed by atoms with van der Waals surface area (Å²) in [5.41, 5.74) is 0.557. The molecule has 0 saturated carbocycles. The number of hydrogen-bond acceptors (Lipinski definition) is 3. The van der Waals surface area contributed by atoms with E-state index < -0.39 is 0 Å². The molecule has 0 bridgehead atoms. The molecule has 0 N–H and O–H groups in total. The molecule has 20 heavy (non-hydrogen) atoms. The number of carbonyl (C=O) groups is 1. The normalized spacial score (nSPS) is 18.9. The zero-order valence-electron chi connectivity index (χ0n) is 11.6. The van der Waals surface area contributed by atoms with Crippen molar-refractivity contribution in [2.75, 3.05) is 19.8 Å². The monoisotopic (exact) mass is 280 g/mol. The summed E-state index contributed by atoms with van der Waals surface area (Å²) in [6.07, 6.45) is 4.74. The van der Waals surface area contributed by atoms with Gasteiger partial charge in [-0.15, -0.1) is 0 Å². The van der Waals surface area contributed by atoms with Crippen LogP contribution in [-0.4, -0.2) is 31.7 Å². The smallest absolute Gasteiger partial charge is 0.162 e. The second kappa shape index (κ2) is 8.12. The number of carbonyl (C=O) groups excluding carboxylic acids is 1. The second-order valence-corrected chi connectivity index (χ2v) is 5.10. The average Bonchev–Trinajstić information content (AvgIpc) is 2.48. The van der Waals surface area contributed by atoms with Crippen LogP contribution in [0.5, 0.6) is 0 Å². The zero-order chi connectivity index (χ0) is 14.2. The van der Waals surface area contributed by atoms with Crippen LogP contribution in [-0.2, 0) is 9.47 Å².